The van der Waals surface area contributed by atoms with Crippen LogP contribution >= 0.6 is 11.3 Å². The first kappa shape index (κ1) is 17.3. The number of fused-ring (bicyclic) bond motifs is 1. The Morgan fingerprint density at radius 3 is 2.58 bits per heavy atom. The van der Waals surface area contributed by atoms with Crippen molar-refractivity contribution in [2.24, 2.45) is 5.92 Å². The van der Waals surface area contributed by atoms with Gasteiger partial charge in [-0.2, -0.15) is 4.52 Å². The third-order valence-corrected chi connectivity index (χ3v) is 6.43. The second-order valence-corrected chi connectivity index (χ2v) is 8.20. The molecule has 2 N–H and O–H groups in total. The molecule has 1 aliphatic heterocycles. The predicted molar refractivity (Wildman–Crippen MR) is 101 cm³/mol. The SMILES string of the molecule is COc1ccc([C@@H](c2sc3nc(C)nn3c2O)[NH+]2CCC(C)CC2)cc1. The van der Waals surface area contributed by atoms with Crippen LogP contribution in [0.25, 0.3) is 4.96 Å². The average Bonchev–Trinajstić information content (AvgIpc) is 3.15. The molecule has 0 radical (unpaired) electrons. The van der Waals surface area contributed by atoms with Crippen molar-refractivity contribution in [3.8, 4) is 11.6 Å². The maximum absolute atomic E-state index is 10.9. The Morgan fingerprint density at radius 1 is 1.27 bits per heavy atom. The Kier molecular flexibility index (Phi) is 4.58. The molecule has 0 amide bonds. The third kappa shape index (κ3) is 3.05. The lowest BCUT2D eigenvalue weighted by Gasteiger charge is -2.33. The summed E-state index contributed by atoms with van der Waals surface area (Å²) in [7, 11) is 1.68. The molecule has 1 aromatic carbocycles. The highest BCUT2D eigenvalue weighted by Gasteiger charge is 2.34. The van der Waals surface area contributed by atoms with Gasteiger partial charge >= 0.3 is 0 Å². The monoisotopic (exact) mass is 373 g/mol. The van der Waals surface area contributed by atoms with Gasteiger partial charge in [-0.05, 0) is 49.9 Å². The fraction of sp³-hybridized carbons (Fsp3) is 0.474. The normalized spacial score (nSPS) is 21.8. The van der Waals surface area contributed by atoms with Gasteiger partial charge in [0.1, 0.15) is 16.5 Å². The Labute approximate surface area is 157 Å². The first-order valence-electron chi connectivity index (χ1n) is 9.10. The molecular weight excluding hydrogens is 348 g/mol. The summed E-state index contributed by atoms with van der Waals surface area (Å²) in [5.41, 5.74) is 1.19. The molecule has 0 aliphatic carbocycles. The third-order valence-electron chi connectivity index (χ3n) is 5.34. The lowest BCUT2D eigenvalue weighted by atomic mass is 9.95. The van der Waals surface area contributed by atoms with Crippen molar-refractivity contribution >= 4 is 16.3 Å². The number of aromatic hydroxyl groups is 1. The number of quaternary nitrogens is 1. The molecule has 2 aromatic heterocycles. The number of nitrogens with one attached hydrogen (secondary N) is 1. The van der Waals surface area contributed by atoms with Crippen LogP contribution in [0.1, 0.15) is 42.1 Å². The molecular formula is C19H25N4O2S+. The molecule has 0 unspecified atom stereocenters. The van der Waals surface area contributed by atoms with Crippen LogP contribution < -0.4 is 9.64 Å². The minimum atomic E-state index is 0.0854. The molecule has 1 aliphatic rings. The van der Waals surface area contributed by atoms with Crippen LogP contribution in [0.3, 0.4) is 0 Å². The average molecular weight is 374 g/mol. The molecule has 1 fully saturated rings. The van der Waals surface area contributed by atoms with E-state index in [9.17, 15) is 5.11 Å². The van der Waals surface area contributed by atoms with E-state index in [2.05, 4.69) is 29.1 Å². The van der Waals surface area contributed by atoms with Gasteiger partial charge in [0.2, 0.25) is 10.8 Å². The van der Waals surface area contributed by atoms with E-state index in [0.29, 0.717) is 5.82 Å². The molecule has 0 bridgehead atoms. The number of ether oxygens (including phenoxy) is 1. The van der Waals surface area contributed by atoms with Crippen LogP contribution in [0.4, 0.5) is 0 Å². The number of likely N-dealkylation sites (tertiary alicyclic amines) is 1. The van der Waals surface area contributed by atoms with Gasteiger partial charge in [-0.15, -0.1) is 5.10 Å². The number of rotatable bonds is 4. The summed E-state index contributed by atoms with van der Waals surface area (Å²) in [6.45, 7) is 6.37. The van der Waals surface area contributed by atoms with E-state index in [4.69, 9.17) is 4.74 Å². The minimum absolute atomic E-state index is 0.0854. The summed E-state index contributed by atoms with van der Waals surface area (Å²) >= 11 is 1.54. The second kappa shape index (κ2) is 6.89. The van der Waals surface area contributed by atoms with Gasteiger partial charge in [-0.3, -0.25) is 0 Å². The summed E-state index contributed by atoms with van der Waals surface area (Å²) in [5, 5.41) is 15.2. The number of methoxy groups -OCH3 is 1. The number of thiazole rings is 1. The Hall–Kier alpha value is -2.12. The van der Waals surface area contributed by atoms with E-state index >= 15 is 0 Å². The van der Waals surface area contributed by atoms with Gasteiger partial charge in [-0.25, -0.2) is 4.98 Å². The summed E-state index contributed by atoms with van der Waals surface area (Å²) in [6, 6.07) is 8.28. The molecule has 3 aromatic rings. The van der Waals surface area contributed by atoms with Gasteiger partial charge in [0.15, 0.2) is 6.04 Å². The van der Waals surface area contributed by atoms with Gasteiger partial charge in [0.05, 0.1) is 20.2 Å². The maximum atomic E-state index is 10.9. The maximum Gasteiger partial charge on any atom is 0.235 e. The molecule has 6 nitrogen and oxygen atoms in total. The number of aromatic nitrogens is 3. The minimum Gasteiger partial charge on any atom is -0.497 e. The van der Waals surface area contributed by atoms with Crippen molar-refractivity contribution in [2.75, 3.05) is 20.2 Å². The van der Waals surface area contributed by atoms with Crippen molar-refractivity contribution in [3.63, 3.8) is 0 Å². The number of piperidine rings is 1. The van der Waals surface area contributed by atoms with E-state index in [0.717, 1.165) is 34.6 Å². The Balaban J connectivity index is 1.77. The topological polar surface area (TPSA) is 64.1 Å². The van der Waals surface area contributed by atoms with Crippen molar-refractivity contribution in [3.05, 3.63) is 40.5 Å². The quantitative estimate of drug-likeness (QED) is 0.736. The van der Waals surface area contributed by atoms with Crippen LogP contribution in [-0.2, 0) is 0 Å². The van der Waals surface area contributed by atoms with Crippen LogP contribution in [0.2, 0.25) is 0 Å². The zero-order valence-electron chi connectivity index (χ0n) is 15.4. The first-order chi connectivity index (χ1) is 12.6. The van der Waals surface area contributed by atoms with Crippen molar-refractivity contribution in [2.45, 2.75) is 32.7 Å². The van der Waals surface area contributed by atoms with Gasteiger partial charge in [0.25, 0.3) is 0 Å². The van der Waals surface area contributed by atoms with Crippen LogP contribution in [0.15, 0.2) is 24.3 Å². The van der Waals surface area contributed by atoms with E-state index in [1.54, 1.807) is 11.6 Å². The number of nitrogens with zero attached hydrogens (tertiary/aromatic N) is 3. The lowest BCUT2D eigenvalue weighted by Crippen LogP contribution is -3.13. The number of hydrogen-bond acceptors (Lipinski definition) is 5. The van der Waals surface area contributed by atoms with Gasteiger partial charge < -0.3 is 14.7 Å². The molecule has 26 heavy (non-hydrogen) atoms. The van der Waals surface area contributed by atoms with E-state index < -0.39 is 0 Å². The molecule has 1 saturated heterocycles. The number of aryl methyl sites for hydroxylation is 1. The summed E-state index contributed by atoms with van der Waals surface area (Å²) < 4.78 is 6.88. The van der Waals surface area contributed by atoms with Crippen molar-refractivity contribution in [1.82, 2.24) is 14.6 Å². The standard InChI is InChI=1S/C19H24N4O2S/c1-12-8-10-22(11-9-12)16(14-4-6-15(25-3)7-5-14)17-18(24)23-19(26-17)20-13(2)21-23/h4-7,12,16,24H,8-11H2,1-3H3/p+1/t16-/m0/s1. The fourth-order valence-electron chi connectivity index (χ4n) is 3.83. The number of hydrogen-bond donors (Lipinski definition) is 2. The smallest absolute Gasteiger partial charge is 0.235 e. The highest BCUT2D eigenvalue weighted by atomic mass is 32.1. The highest BCUT2D eigenvalue weighted by Crippen LogP contribution is 2.35. The van der Waals surface area contributed by atoms with Crippen LogP contribution in [0.5, 0.6) is 11.6 Å². The number of benzene rings is 1. The Bertz CT molecular complexity index is 894. The predicted octanol–water partition coefficient (Wildman–Crippen LogP) is 2.22. The summed E-state index contributed by atoms with van der Waals surface area (Å²) in [4.78, 5) is 7.61. The van der Waals surface area contributed by atoms with Crippen molar-refractivity contribution in [1.29, 1.82) is 0 Å². The molecule has 138 valence electrons. The van der Waals surface area contributed by atoms with Gasteiger partial charge in [0, 0.05) is 5.56 Å². The fourth-order valence-corrected chi connectivity index (χ4v) is 5.01. The molecule has 7 heteroatoms. The zero-order valence-corrected chi connectivity index (χ0v) is 16.2. The van der Waals surface area contributed by atoms with Crippen molar-refractivity contribution < 1.29 is 14.7 Å². The molecule has 3 heterocycles. The summed E-state index contributed by atoms with van der Waals surface area (Å²) in [5.74, 6) is 2.52. The first-order valence-corrected chi connectivity index (χ1v) is 9.92. The highest BCUT2D eigenvalue weighted by molar-refractivity contribution is 7.17. The Morgan fingerprint density at radius 2 is 1.96 bits per heavy atom. The largest absolute Gasteiger partial charge is 0.497 e. The molecule has 0 saturated carbocycles. The van der Waals surface area contributed by atoms with E-state index in [1.807, 2.05) is 19.1 Å². The second-order valence-electron chi connectivity index (χ2n) is 7.19. The van der Waals surface area contributed by atoms with Gasteiger partial charge in [-0.1, -0.05) is 18.3 Å². The van der Waals surface area contributed by atoms with E-state index in [1.165, 1.54) is 34.6 Å². The zero-order chi connectivity index (χ0) is 18.3. The van der Waals surface area contributed by atoms with E-state index in [-0.39, 0.29) is 11.9 Å². The lowest BCUT2D eigenvalue weighted by molar-refractivity contribution is -0.931. The molecule has 4 rings (SSSR count). The van der Waals surface area contributed by atoms with Crippen LogP contribution in [0, 0.1) is 12.8 Å². The summed E-state index contributed by atoms with van der Waals surface area (Å²) in [6.07, 6.45) is 2.42. The molecule has 0 spiro atoms. The molecule has 1 atom stereocenters. The van der Waals surface area contributed by atoms with Crippen LogP contribution in [-0.4, -0.2) is 39.9 Å².